The molecule has 23 heavy (non-hydrogen) atoms. The molecule has 0 saturated carbocycles. The van der Waals surface area contributed by atoms with Gasteiger partial charge in [-0.25, -0.2) is 4.98 Å². The molecule has 6 heteroatoms. The molecule has 0 unspecified atom stereocenters. The molecule has 0 spiro atoms. The van der Waals surface area contributed by atoms with E-state index in [4.69, 9.17) is 0 Å². The number of benzene rings is 2. The lowest BCUT2D eigenvalue weighted by molar-refractivity contribution is -0.384. The van der Waals surface area contributed by atoms with Crippen LogP contribution in [0.3, 0.4) is 0 Å². The Hall–Kier alpha value is -3.15. The Morgan fingerprint density at radius 3 is 2.43 bits per heavy atom. The van der Waals surface area contributed by atoms with Crippen LogP contribution in [0.4, 0.5) is 17.2 Å². The van der Waals surface area contributed by atoms with Crippen LogP contribution in [0.1, 0.15) is 0 Å². The number of anilines is 2. The summed E-state index contributed by atoms with van der Waals surface area (Å²) < 4.78 is 0. The second-order valence-electron chi connectivity index (χ2n) is 5.05. The molecule has 2 aromatic carbocycles. The van der Waals surface area contributed by atoms with Gasteiger partial charge in [-0.2, -0.15) is 0 Å². The number of nitro groups is 1. The van der Waals surface area contributed by atoms with E-state index in [0.717, 1.165) is 22.4 Å². The van der Waals surface area contributed by atoms with Crippen LogP contribution in [0.25, 0.3) is 10.9 Å². The summed E-state index contributed by atoms with van der Waals surface area (Å²) in [7, 11) is 0. The Balaban J connectivity index is 1.51. The molecule has 116 valence electrons. The maximum Gasteiger partial charge on any atom is 0.269 e. The van der Waals surface area contributed by atoms with E-state index in [1.54, 1.807) is 12.1 Å². The van der Waals surface area contributed by atoms with E-state index in [1.165, 1.54) is 12.1 Å². The predicted molar refractivity (Wildman–Crippen MR) is 91.8 cm³/mol. The van der Waals surface area contributed by atoms with Gasteiger partial charge in [-0.05, 0) is 30.3 Å². The molecule has 3 aromatic rings. The highest BCUT2D eigenvalue weighted by Crippen LogP contribution is 2.16. The molecule has 2 N–H and O–H groups in total. The molecule has 0 aliphatic carbocycles. The Labute approximate surface area is 133 Å². The molecular formula is C17H16N4O2. The quantitative estimate of drug-likeness (QED) is 0.412. The van der Waals surface area contributed by atoms with Gasteiger partial charge in [-0.3, -0.25) is 10.1 Å². The van der Waals surface area contributed by atoms with Crippen molar-refractivity contribution in [1.82, 2.24) is 4.98 Å². The molecule has 0 radical (unpaired) electrons. The summed E-state index contributed by atoms with van der Waals surface area (Å²) in [6.45, 7) is 1.38. The lowest BCUT2D eigenvalue weighted by Crippen LogP contribution is -2.14. The minimum absolute atomic E-state index is 0.0917. The zero-order valence-electron chi connectivity index (χ0n) is 12.4. The van der Waals surface area contributed by atoms with Crippen molar-refractivity contribution in [3.05, 3.63) is 70.8 Å². The molecule has 0 saturated heterocycles. The number of non-ortho nitro benzene ring substituents is 1. The van der Waals surface area contributed by atoms with Gasteiger partial charge in [-0.15, -0.1) is 0 Å². The van der Waals surface area contributed by atoms with Gasteiger partial charge in [0.15, 0.2) is 0 Å². The highest BCUT2D eigenvalue weighted by molar-refractivity contribution is 5.80. The molecular weight excluding hydrogens is 292 g/mol. The van der Waals surface area contributed by atoms with Crippen LogP contribution >= 0.6 is 0 Å². The van der Waals surface area contributed by atoms with Crippen molar-refractivity contribution in [2.75, 3.05) is 23.7 Å². The average molecular weight is 308 g/mol. The van der Waals surface area contributed by atoms with Gasteiger partial charge in [0.2, 0.25) is 0 Å². The number of hydrogen-bond acceptors (Lipinski definition) is 5. The van der Waals surface area contributed by atoms with Crippen LogP contribution in [0.15, 0.2) is 60.7 Å². The van der Waals surface area contributed by atoms with Gasteiger partial charge in [0.25, 0.3) is 5.69 Å². The zero-order chi connectivity index (χ0) is 16.1. The molecule has 0 bridgehead atoms. The summed E-state index contributed by atoms with van der Waals surface area (Å²) in [6.07, 6.45) is 0. The number of nitrogens with one attached hydrogen (secondary N) is 2. The van der Waals surface area contributed by atoms with E-state index in [9.17, 15) is 10.1 Å². The molecule has 1 aromatic heterocycles. The Kier molecular flexibility index (Phi) is 4.33. The third kappa shape index (κ3) is 3.74. The fourth-order valence-corrected chi connectivity index (χ4v) is 2.26. The third-order valence-electron chi connectivity index (χ3n) is 3.44. The van der Waals surface area contributed by atoms with Crippen molar-refractivity contribution >= 4 is 28.1 Å². The monoisotopic (exact) mass is 308 g/mol. The Bertz CT molecular complexity index is 818. The van der Waals surface area contributed by atoms with E-state index in [0.29, 0.717) is 13.1 Å². The van der Waals surface area contributed by atoms with Gasteiger partial charge >= 0.3 is 0 Å². The Morgan fingerprint density at radius 1 is 0.913 bits per heavy atom. The van der Waals surface area contributed by atoms with Crippen LogP contribution in [-0.2, 0) is 0 Å². The first-order valence-corrected chi connectivity index (χ1v) is 7.30. The maximum absolute atomic E-state index is 10.6. The van der Waals surface area contributed by atoms with E-state index >= 15 is 0 Å². The van der Waals surface area contributed by atoms with Crippen molar-refractivity contribution < 1.29 is 4.92 Å². The highest BCUT2D eigenvalue weighted by Gasteiger charge is 2.03. The van der Waals surface area contributed by atoms with Gasteiger partial charge in [0, 0.05) is 36.3 Å². The van der Waals surface area contributed by atoms with Gasteiger partial charge < -0.3 is 10.6 Å². The van der Waals surface area contributed by atoms with Crippen LogP contribution < -0.4 is 10.6 Å². The number of rotatable bonds is 6. The maximum atomic E-state index is 10.6. The minimum atomic E-state index is -0.406. The summed E-state index contributed by atoms with van der Waals surface area (Å²) in [5, 5.41) is 18.2. The fourth-order valence-electron chi connectivity index (χ4n) is 2.26. The Morgan fingerprint density at radius 2 is 1.65 bits per heavy atom. The smallest absolute Gasteiger partial charge is 0.269 e. The van der Waals surface area contributed by atoms with Gasteiger partial charge in [0.1, 0.15) is 5.82 Å². The van der Waals surface area contributed by atoms with Crippen molar-refractivity contribution in [2.24, 2.45) is 0 Å². The van der Waals surface area contributed by atoms with Crippen molar-refractivity contribution in [1.29, 1.82) is 0 Å². The number of hydrogen-bond donors (Lipinski definition) is 2. The van der Waals surface area contributed by atoms with Crippen molar-refractivity contribution in [3.8, 4) is 0 Å². The molecule has 0 aliphatic heterocycles. The van der Waals surface area contributed by atoms with Gasteiger partial charge in [0.05, 0.1) is 10.4 Å². The van der Waals surface area contributed by atoms with Crippen molar-refractivity contribution in [3.63, 3.8) is 0 Å². The van der Waals surface area contributed by atoms with Crippen LogP contribution in [0.2, 0.25) is 0 Å². The van der Waals surface area contributed by atoms with Crippen LogP contribution in [0, 0.1) is 10.1 Å². The van der Waals surface area contributed by atoms with E-state index < -0.39 is 4.92 Å². The summed E-state index contributed by atoms with van der Waals surface area (Å²) in [6, 6.07) is 18.3. The highest BCUT2D eigenvalue weighted by atomic mass is 16.6. The van der Waals surface area contributed by atoms with Crippen molar-refractivity contribution in [2.45, 2.75) is 0 Å². The van der Waals surface area contributed by atoms with E-state index in [2.05, 4.69) is 15.6 Å². The lowest BCUT2D eigenvalue weighted by atomic mass is 10.2. The second kappa shape index (κ2) is 6.74. The number of fused-ring (bicyclic) bond motifs is 1. The molecule has 3 rings (SSSR count). The standard InChI is InChI=1S/C17H16N4O2/c22-21(23)15-8-6-14(7-9-15)18-11-12-19-17-10-5-13-3-1-2-4-16(13)20-17/h1-10,18H,11-12H2,(H,19,20). The number of para-hydroxylation sites is 1. The van der Waals surface area contributed by atoms with E-state index in [1.807, 2.05) is 36.4 Å². The topological polar surface area (TPSA) is 80.1 Å². The normalized spacial score (nSPS) is 10.4. The molecule has 6 nitrogen and oxygen atoms in total. The zero-order valence-corrected chi connectivity index (χ0v) is 12.4. The molecule has 0 atom stereocenters. The molecule has 1 heterocycles. The molecule has 0 fully saturated rings. The second-order valence-corrected chi connectivity index (χ2v) is 5.05. The van der Waals surface area contributed by atoms with Crippen LogP contribution in [-0.4, -0.2) is 23.0 Å². The summed E-state index contributed by atoms with van der Waals surface area (Å²) >= 11 is 0. The predicted octanol–water partition coefficient (Wildman–Crippen LogP) is 3.67. The first-order valence-electron chi connectivity index (χ1n) is 7.30. The lowest BCUT2D eigenvalue weighted by Gasteiger charge is -2.09. The number of pyridine rings is 1. The summed E-state index contributed by atoms with van der Waals surface area (Å²) in [5.41, 5.74) is 1.90. The number of nitro benzene ring substituents is 1. The van der Waals surface area contributed by atoms with Crippen LogP contribution in [0.5, 0.6) is 0 Å². The SMILES string of the molecule is O=[N+]([O-])c1ccc(NCCNc2ccc3ccccc3n2)cc1. The van der Waals surface area contributed by atoms with E-state index in [-0.39, 0.29) is 5.69 Å². The first kappa shape index (κ1) is 14.8. The summed E-state index contributed by atoms with van der Waals surface area (Å²) in [4.78, 5) is 14.7. The third-order valence-corrected chi connectivity index (χ3v) is 3.44. The molecule has 0 amide bonds. The number of nitrogens with zero attached hydrogens (tertiary/aromatic N) is 2. The minimum Gasteiger partial charge on any atom is -0.383 e. The number of aromatic nitrogens is 1. The fraction of sp³-hybridized carbons (Fsp3) is 0.118. The summed E-state index contributed by atoms with van der Waals surface area (Å²) in [5.74, 6) is 0.828. The largest absolute Gasteiger partial charge is 0.383 e. The first-order chi connectivity index (χ1) is 11.2. The average Bonchev–Trinajstić information content (AvgIpc) is 2.59. The van der Waals surface area contributed by atoms with Gasteiger partial charge in [-0.1, -0.05) is 18.2 Å². The molecule has 0 aliphatic rings.